The highest BCUT2D eigenvalue weighted by Gasteiger charge is 2.33. The van der Waals surface area contributed by atoms with Gasteiger partial charge in [0.1, 0.15) is 17.5 Å². The van der Waals surface area contributed by atoms with Crippen LogP contribution in [0.5, 0.6) is 0 Å². The lowest BCUT2D eigenvalue weighted by molar-refractivity contribution is -0.155. The number of hydrogen-bond donors (Lipinski definition) is 0. The Balaban J connectivity index is 2.39. The summed E-state index contributed by atoms with van der Waals surface area (Å²) in [4.78, 5) is 26.5. The zero-order valence-electron chi connectivity index (χ0n) is 14.9. The van der Waals surface area contributed by atoms with Crippen LogP contribution in [0.4, 0.5) is 10.1 Å². The minimum atomic E-state index is -0.942. The fourth-order valence-corrected chi connectivity index (χ4v) is 2.19. The van der Waals surface area contributed by atoms with Crippen LogP contribution in [-0.2, 0) is 9.53 Å². The van der Waals surface area contributed by atoms with Crippen molar-refractivity contribution in [2.75, 3.05) is 4.90 Å². The SMILES string of the molecule is Cc1cc(C(=O)N(c2ccc(F)cc2)C(C)C(=O)OC(C)(C)C)on1. The van der Waals surface area contributed by atoms with Crippen LogP contribution in [0.3, 0.4) is 0 Å². The molecule has 0 aliphatic heterocycles. The zero-order valence-corrected chi connectivity index (χ0v) is 14.9. The molecule has 1 heterocycles. The molecule has 0 saturated carbocycles. The largest absolute Gasteiger partial charge is 0.458 e. The van der Waals surface area contributed by atoms with Crippen molar-refractivity contribution in [3.8, 4) is 0 Å². The summed E-state index contributed by atoms with van der Waals surface area (Å²) in [6.45, 7) is 8.43. The number of carbonyl (C=O) groups excluding carboxylic acids is 2. The molecule has 2 aromatic rings. The molecule has 0 aliphatic rings. The summed E-state index contributed by atoms with van der Waals surface area (Å²) in [5.41, 5.74) is 0.178. The van der Waals surface area contributed by atoms with Crippen molar-refractivity contribution < 1.29 is 23.2 Å². The molecule has 0 N–H and O–H groups in total. The summed E-state index contributed by atoms with van der Waals surface area (Å²) in [6.07, 6.45) is 0. The number of carbonyl (C=O) groups is 2. The van der Waals surface area contributed by atoms with Gasteiger partial charge in [-0.3, -0.25) is 9.69 Å². The van der Waals surface area contributed by atoms with Crippen LogP contribution in [0.15, 0.2) is 34.9 Å². The van der Waals surface area contributed by atoms with E-state index in [1.807, 2.05) is 0 Å². The van der Waals surface area contributed by atoms with Gasteiger partial charge in [-0.25, -0.2) is 9.18 Å². The molecule has 0 aliphatic carbocycles. The van der Waals surface area contributed by atoms with E-state index in [4.69, 9.17) is 9.26 Å². The maximum Gasteiger partial charge on any atom is 0.329 e. The van der Waals surface area contributed by atoms with E-state index in [-0.39, 0.29) is 5.76 Å². The molecule has 2 rings (SSSR count). The van der Waals surface area contributed by atoms with Gasteiger partial charge in [-0.2, -0.15) is 0 Å². The van der Waals surface area contributed by atoms with Gasteiger partial charge in [0.25, 0.3) is 5.91 Å². The van der Waals surface area contributed by atoms with Gasteiger partial charge in [0.2, 0.25) is 5.76 Å². The van der Waals surface area contributed by atoms with Crippen LogP contribution >= 0.6 is 0 Å². The van der Waals surface area contributed by atoms with Crippen LogP contribution in [0.25, 0.3) is 0 Å². The normalized spacial score (nSPS) is 12.6. The topological polar surface area (TPSA) is 72.6 Å². The summed E-state index contributed by atoms with van der Waals surface area (Å²) in [7, 11) is 0. The van der Waals surface area contributed by atoms with Gasteiger partial charge in [-0.15, -0.1) is 0 Å². The van der Waals surface area contributed by atoms with E-state index < -0.39 is 29.3 Å². The van der Waals surface area contributed by atoms with Crippen molar-refractivity contribution in [2.24, 2.45) is 0 Å². The van der Waals surface area contributed by atoms with Crippen LogP contribution in [-0.4, -0.2) is 28.7 Å². The predicted octanol–water partition coefficient (Wildman–Crippen LogP) is 3.50. The zero-order chi connectivity index (χ0) is 18.8. The summed E-state index contributed by atoms with van der Waals surface area (Å²) >= 11 is 0. The Kier molecular flexibility index (Phi) is 5.25. The van der Waals surface area contributed by atoms with Crippen molar-refractivity contribution in [3.63, 3.8) is 0 Å². The number of benzene rings is 1. The molecule has 25 heavy (non-hydrogen) atoms. The van der Waals surface area contributed by atoms with E-state index in [9.17, 15) is 14.0 Å². The van der Waals surface area contributed by atoms with Crippen LogP contribution in [0, 0.1) is 12.7 Å². The third-order valence-electron chi connectivity index (χ3n) is 3.30. The number of aromatic nitrogens is 1. The average molecular weight is 348 g/mol. The highest BCUT2D eigenvalue weighted by Crippen LogP contribution is 2.23. The first-order valence-corrected chi connectivity index (χ1v) is 7.84. The van der Waals surface area contributed by atoms with E-state index in [1.165, 1.54) is 35.2 Å². The second kappa shape index (κ2) is 7.04. The lowest BCUT2D eigenvalue weighted by Crippen LogP contribution is -2.46. The molecule has 6 nitrogen and oxygen atoms in total. The first-order chi connectivity index (χ1) is 11.6. The van der Waals surface area contributed by atoms with Crippen molar-refractivity contribution in [2.45, 2.75) is 46.3 Å². The summed E-state index contributed by atoms with van der Waals surface area (Å²) < 4.78 is 23.6. The first-order valence-electron chi connectivity index (χ1n) is 7.84. The Morgan fingerprint density at radius 1 is 1.24 bits per heavy atom. The molecule has 0 saturated heterocycles. The van der Waals surface area contributed by atoms with Gasteiger partial charge in [-0.1, -0.05) is 5.16 Å². The molecule has 1 unspecified atom stereocenters. The van der Waals surface area contributed by atoms with Crippen LogP contribution in [0.2, 0.25) is 0 Å². The number of ether oxygens (including phenoxy) is 1. The maximum absolute atomic E-state index is 13.2. The van der Waals surface area contributed by atoms with Crippen molar-refractivity contribution >= 4 is 17.6 Å². The molecular formula is C18H21FN2O4. The summed E-state index contributed by atoms with van der Waals surface area (Å²) in [5, 5.41) is 3.69. The minimum absolute atomic E-state index is 0.0165. The Morgan fingerprint density at radius 2 is 1.84 bits per heavy atom. The quantitative estimate of drug-likeness (QED) is 0.791. The van der Waals surface area contributed by atoms with E-state index >= 15 is 0 Å². The monoisotopic (exact) mass is 348 g/mol. The number of halogens is 1. The highest BCUT2D eigenvalue weighted by molar-refractivity contribution is 6.07. The van der Waals surface area contributed by atoms with Gasteiger partial charge in [0.05, 0.1) is 5.69 Å². The fraction of sp³-hybridized carbons (Fsp3) is 0.389. The molecular weight excluding hydrogens is 327 g/mol. The molecule has 0 fully saturated rings. The fourth-order valence-electron chi connectivity index (χ4n) is 2.19. The standard InChI is InChI=1S/C18H21FN2O4/c1-11-10-15(25-20-11)16(22)21(14-8-6-13(19)7-9-14)12(2)17(23)24-18(3,4)5/h6-10,12H,1-5H3. The molecule has 1 atom stereocenters. The Labute approximate surface area is 145 Å². The first kappa shape index (κ1) is 18.6. The second-order valence-electron chi connectivity index (χ2n) is 6.69. The number of anilines is 1. The average Bonchev–Trinajstić information content (AvgIpc) is 2.94. The van der Waals surface area contributed by atoms with Gasteiger partial charge >= 0.3 is 5.97 Å². The van der Waals surface area contributed by atoms with Gasteiger partial charge in [0, 0.05) is 11.8 Å². The summed E-state index contributed by atoms with van der Waals surface area (Å²) in [5.74, 6) is -1.61. The van der Waals surface area contributed by atoms with Gasteiger partial charge < -0.3 is 9.26 Å². The van der Waals surface area contributed by atoms with Gasteiger partial charge in [-0.05, 0) is 58.9 Å². The lowest BCUT2D eigenvalue weighted by atomic mass is 10.1. The molecule has 134 valence electrons. The third kappa shape index (κ3) is 4.65. The molecule has 0 radical (unpaired) electrons. The predicted molar refractivity (Wildman–Crippen MR) is 89.8 cm³/mol. The molecule has 0 spiro atoms. The number of hydrogen-bond acceptors (Lipinski definition) is 5. The molecule has 1 aromatic heterocycles. The number of rotatable bonds is 4. The van der Waals surface area contributed by atoms with E-state index in [0.717, 1.165) is 0 Å². The van der Waals surface area contributed by atoms with Crippen LogP contribution < -0.4 is 4.90 Å². The van der Waals surface area contributed by atoms with Crippen LogP contribution in [0.1, 0.15) is 43.9 Å². The Morgan fingerprint density at radius 3 is 2.32 bits per heavy atom. The molecule has 1 aromatic carbocycles. The number of esters is 1. The Hall–Kier alpha value is -2.70. The van der Waals surface area contributed by atoms with Gasteiger partial charge in [0.15, 0.2) is 0 Å². The molecule has 1 amide bonds. The Bertz CT molecular complexity index is 762. The van der Waals surface area contributed by atoms with E-state index in [0.29, 0.717) is 11.4 Å². The van der Waals surface area contributed by atoms with Crippen molar-refractivity contribution in [3.05, 3.63) is 47.6 Å². The summed E-state index contributed by atoms with van der Waals surface area (Å²) in [6, 6.07) is 5.78. The minimum Gasteiger partial charge on any atom is -0.458 e. The molecule has 0 bridgehead atoms. The van der Waals surface area contributed by atoms with E-state index in [2.05, 4.69) is 5.16 Å². The maximum atomic E-state index is 13.2. The highest BCUT2D eigenvalue weighted by atomic mass is 19.1. The smallest absolute Gasteiger partial charge is 0.329 e. The number of amides is 1. The number of aryl methyl sites for hydroxylation is 1. The lowest BCUT2D eigenvalue weighted by Gasteiger charge is -2.29. The second-order valence-corrected chi connectivity index (χ2v) is 6.69. The molecule has 7 heteroatoms. The number of nitrogens with zero attached hydrogens (tertiary/aromatic N) is 2. The van der Waals surface area contributed by atoms with Crippen molar-refractivity contribution in [1.29, 1.82) is 0 Å². The van der Waals surface area contributed by atoms with Crippen molar-refractivity contribution in [1.82, 2.24) is 5.16 Å². The van der Waals surface area contributed by atoms with E-state index in [1.54, 1.807) is 34.6 Å². The third-order valence-corrected chi connectivity index (χ3v) is 3.30.